The molecule has 1 aliphatic rings. The fourth-order valence-electron chi connectivity index (χ4n) is 1.84. The molecule has 1 saturated heterocycles. The van der Waals surface area contributed by atoms with Crippen LogP contribution in [0.25, 0.3) is 0 Å². The van der Waals surface area contributed by atoms with E-state index in [1.54, 1.807) is 11.1 Å². The molecule has 92 valence electrons. The van der Waals surface area contributed by atoms with Crippen molar-refractivity contribution in [1.82, 2.24) is 5.06 Å². The molecule has 4 nitrogen and oxygen atoms in total. The lowest BCUT2D eigenvalue weighted by molar-refractivity contribution is -0.322. The molecule has 16 heavy (non-hydrogen) atoms. The lowest BCUT2D eigenvalue weighted by Gasteiger charge is -2.39. The Bertz CT molecular complexity index is 232. The molecule has 1 fully saturated rings. The third-order valence-electron chi connectivity index (χ3n) is 2.62. The molecule has 0 aliphatic carbocycles. The molecule has 0 bridgehead atoms. The molecule has 0 radical (unpaired) electrons. The normalized spacial score (nSPS) is 28.6. The van der Waals surface area contributed by atoms with E-state index < -0.39 is 6.10 Å². The molecular formula is C12H21NO3. The van der Waals surface area contributed by atoms with Gasteiger partial charge in [0.1, 0.15) is 0 Å². The van der Waals surface area contributed by atoms with Crippen LogP contribution in [0.1, 0.15) is 19.8 Å². The van der Waals surface area contributed by atoms with E-state index in [4.69, 9.17) is 9.57 Å². The largest absolute Gasteiger partial charge is 0.387 e. The van der Waals surface area contributed by atoms with E-state index in [0.29, 0.717) is 13.2 Å². The minimum Gasteiger partial charge on any atom is -0.387 e. The maximum absolute atomic E-state index is 9.78. The number of nitrogens with zero attached hydrogens (tertiary/aromatic N) is 1. The highest BCUT2D eigenvalue weighted by Gasteiger charge is 2.32. The number of ether oxygens (including phenoxy) is 1. The van der Waals surface area contributed by atoms with Crippen LogP contribution in [-0.4, -0.2) is 41.8 Å². The van der Waals surface area contributed by atoms with Crippen molar-refractivity contribution in [1.29, 1.82) is 0 Å². The van der Waals surface area contributed by atoms with Crippen molar-refractivity contribution in [3.8, 4) is 0 Å². The maximum Gasteiger partial charge on any atom is 0.177 e. The Balaban J connectivity index is 2.58. The minimum absolute atomic E-state index is 0.0628. The van der Waals surface area contributed by atoms with Crippen molar-refractivity contribution < 1.29 is 14.7 Å². The molecule has 4 heteroatoms. The third kappa shape index (κ3) is 3.42. The smallest absolute Gasteiger partial charge is 0.177 e. The molecule has 1 rings (SSSR count). The van der Waals surface area contributed by atoms with Gasteiger partial charge in [-0.2, -0.15) is 5.06 Å². The predicted octanol–water partition coefficient (Wildman–Crippen LogP) is 1.48. The first-order valence-corrected chi connectivity index (χ1v) is 5.69. The molecular weight excluding hydrogens is 206 g/mol. The highest BCUT2D eigenvalue weighted by Crippen LogP contribution is 2.23. The van der Waals surface area contributed by atoms with E-state index in [2.05, 4.69) is 13.2 Å². The summed E-state index contributed by atoms with van der Waals surface area (Å²) in [7, 11) is 0. The molecule has 3 atom stereocenters. The molecule has 0 aromatic carbocycles. The minimum atomic E-state index is -0.581. The van der Waals surface area contributed by atoms with Crippen molar-refractivity contribution in [3.05, 3.63) is 25.3 Å². The Hall–Kier alpha value is -0.680. The lowest BCUT2D eigenvalue weighted by Crippen LogP contribution is -2.49. The summed E-state index contributed by atoms with van der Waals surface area (Å²) in [5.74, 6) is 0. The van der Waals surface area contributed by atoms with E-state index in [0.717, 1.165) is 12.8 Å². The van der Waals surface area contributed by atoms with Gasteiger partial charge in [0.05, 0.1) is 12.1 Å². The van der Waals surface area contributed by atoms with Crippen LogP contribution < -0.4 is 0 Å². The number of aliphatic hydroxyl groups is 1. The highest BCUT2D eigenvalue weighted by molar-refractivity contribution is 4.91. The molecule has 0 spiro atoms. The van der Waals surface area contributed by atoms with Gasteiger partial charge < -0.3 is 9.84 Å². The first kappa shape index (κ1) is 13.4. The number of hydrogen-bond acceptors (Lipinski definition) is 4. The van der Waals surface area contributed by atoms with E-state index in [1.165, 1.54) is 6.08 Å². The Kier molecular flexibility index (Phi) is 5.69. The second-order valence-electron chi connectivity index (χ2n) is 3.75. The SMILES string of the molecule is C=CCN1O[C@H](OCC)CC[C@@H]1C(O)C=C. The van der Waals surface area contributed by atoms with Gasteiger partial charge in [0.15, 0.2) is 6.29 Å². The number of hydroxylamine groups is 2. The second kappa shape index (κ2) is 6.81. The van der Waals surface area contributed by atoms with Crippen LogP contribution in [-0.2, 0) is 9.57 Å². The molecule has 1 N–H and O–H groups in total. The summed E-state index contributed by atoms with van der Waals surface area (Å²) in [5, 5.41) is 11.5. The Labute approximate surface area is 97.1 Å². The summed E-state index contributed by atoms with van der Waals surface area (Å²) < 4.78 is 5.42. The van der Waals surface area contributed by atoms with E-state index in [1.807, 2.05) is 6.92 Å². The maximum atomic E-state index is 9.78. The zero-order chi connectivity index (χ0) is 12.0. The van der Waals surface area contributed by atoms with Gasteiger partial charge in [-0.25, -0.2) is 0 Å². The number of hydrogen-bond donors (Lipinski definition) is 1. The molecule has 1 aliphatic heterocycles. The van der Waals surface area contributed by atoms with Crippen molar-refractivity contribution in [2.24, 2.45) is 0 Å². The zero-order valence-corrected chi connectivity index (χ0v) is 9.84. The van der Waals surface area contributed by atoms with Gasteiger partial charge in [0.25, 0.3) is 0 Å². The predicted molar refractivity (Wildman–Crippen MR) is 62.6 cm³/mol. The van der Waals surface area contributed by atoms with Crippen molar-refractivity contribution >= 4 is 0 Å². The molecule has 0 saturated carbocycles. The lowest BCUT2D eigenvalue weighted by atomic mass is 10.0. The van der Waals surface area contributed by atoms with Gasteiger partial charge >= 0.3 is 0 Å². The van der Waals surface area contributed by atoms with E-state index in [9.17, 15) is 5.11 Å². The molecule has 0 aromatic rings. The summed E-state index contributed by atoms with van der Waals surface area (Å²) in [6.45, 7) is 10.4. The van der Waals surface area contributed by atoms with Crippen LogP contribution in [0.3, 0.4) is 0 Å². The van der Waals surface area contributed by atoms with Crippen LogP contribution in [0, 0.1) is 0 Å². The number of aliphatic hydroxyl groups excluding tert-OH is 1. The molecule has 0 amide bonds. The van der Waals surface area contributed by atoms with Gasteiger partial charge in [-0.05, 0) is 13.3 Å². The van der Waals surface area contributed by atoms with Crippen LogP contribution in [0.15, 0.2) is 25.3 Å². The van der Waals surface area contributed by atoms with Crippen LogP contribution >= 0.6 is 0 Å². The summed E-state index contributed by atoms with van der Waals surface area (Å²) in [4.78, 5) is 5.63. The first-order valence-electron chi connectivity index (χ1n) is 5.69. The summed E-state index contributed by atoms with van der Waals surface area (Å²) in [6.07, 6.45) is 4.10. The average Bonchev–Trinajstić information content (AvgIpc) is 2.29. The van der Waals surface area contributed by atoms with Crippen molar-refractivity contribution in [2.75, 3.05) is 13.2 Å². The Morgan fingerprint density at radius 3 is 2.88 bits per heavy atom. The standard InChI is InChI=1S/C12H21NO3/c1-4-9-13-10(11(14)5-2)7-8-12(16-13)15-6-3/h4-5,10-12,14H,1-2,6-9H2,3H3/t10-,11?,12+/m1/s1. The third-order valence-corrected chi connectivity index (χ3v) is 2.62. The Morgan fingerprint density at radius 2 is 2.31 bits per heavy atom. The monoisotopic (exact) mass is 227 g/mol. The molecule has 0 aromatic heterocycles. The van der Waals surface area contributed by atoms with Gasteiger partial charge in [0, 0.05) is 19.6 Å². The highest BCUT2D eigenvalue weighted by atomic mass is 16.8. The van der Waals surface area contributed by atoms with Crippen LogP contribution in [0.2, 0.25) is 0 Å². The van der Waals surface area contributed by atoms with Crippen molar-refractivity contribution in [3.63, 3.8) is 0 Å². The van der Waals surface area contributed by atoms with Crippen LogP contribution in [0.5, 0.6) is 0 Å². The van der Waals surface area contributed by atoms with Crippen LogP contribution in [0.4, 0.5) is 0 Å². The summed E-state index contributed by atoms with van der Waals surface area (Å²) in [5.41, 5.74) is 0. The fraction of sp³-hybridized carbons (Fsp3) is 0.667. The summed E-state index contributed by atoms with van der Waals surface area (Å²) >= 11 is 0. The Morgan fingerprint density at radius 1 is 1.56 bits per heavy atom. The van der Waals surface area contributed by atoms with Gasteiger partial charge in [-0.1, -0.05) is 12.2 Å². The first-order chi connectivity index (χ1) is 7.72. The quantitative estimate of drug-likeness (QED) is 0.698. The molecule has 1 unspecified atom stereocenters. The molecule has 1 heterocycles. The van der Waals surface area contributed by atoms with E-state index in [-0.39, 0.29) is 12.3 Å². The topological polar surface area (TPSA) is 41.9 Å². The summed E-state index contributed by atoms with van der Waals surface area (Å²) in [6, 6.07) is -0.0628. The number of rotatable bonds is 6. The van der Waals surface area contributed by atoms with Crippen molar-refractivity contribution in [2.45, 2.75) is 38.2 Å². The van der Waals surface area contributed by atoms with Gasteiger partial charge in [0.2, 0.25) is 0 Å². The van der Waals surface area contributed by atoms with E-state index >= 15 is 0 Å². The van der Waals surface area contributed by atoms with Gasteiger partial charge in [-0.15, -0.1) is 13.2 Å². The second-order valence-corrected chi connectivity index (χ2v) is 3.75. The average molecular weight is 227 g/mol. The fourth-order valence-corrected chi connectivity index (χ4v) is 1.84. The zero-order valence-electron chi connectivity index (χ0n) is 9.84. The van der Waals surface area contributed by atoms with Gasteiger partial charge in [-0.3, -0.25) is 4.84 Å².